The molecule has 3 aromatic rings. The lowest BCUT2D eigenvalue weighted by Gasteiger charge is -2.11. The molecule has 2 aromatic heterocycles. The van der Waals surface area contributed by atoms with Crippen LogP contribution in [0.1, 0.15) is 20.8 Å². The molecular weight excluding hydrogens is 315 g/mol. The van der Waals surface area contributed by atoms with Gasteiger partial charge in [-0.2, -0.15) is 0 Å². The van der Waals surface area contributed by atoms with E-state index in [1.807, 2.05) is 17.5 Å². The zero-order valence-corrected chi connectivity index (χ0v) is 12.8. The molecule has 3 rings (SSSR count). The molecule has 1 amide bonds. The quantitative estimate of drug-likeness (QED) is 0.775. The van der Waals surface area contributed by atoms with Crippen LogP contribution in [0.25, 0.3) is 0 Å². The third-order valence-electron chi connectivity index (χ3n) is 3.22. The Balaban J connectivity index is 1.96. The number of ether oxygens (including phenoxy) is 1. The minimum atomic E-state index is -0.609. The van der Waals surface area contributed by atoms with Gasteiger partial charge < -0.3 is 10.5 Å². The van der Waals surface area contributed by atoms with E-state index in [4.69, 9.17) is 10.5 Å². The van der Waals surface area contributed by atoms with Crippen molar-refractivity contribution in [3.8, 4) is 11.6 Å². The van der Waals surface area contributed by atoms with Crippen molar-refractivity contribution in [2.75, 3.05) is 0 Å². The molecule has 23 heavy (non-hydrogen) atoms. The summed E-state index contributed by atoms with van der Waals surface area (Å²) in [6.45, 7) is 0. The second-order valence-corrected chi connectivity index (χ2v) is 5.86. The molecule has 1 aromatic carbocycles. The first-order chi connectivity index (χ1) is 11.1. The van der Waals surface area contributed by atoms with Crippen LogP contribution in [0.2, 0.25) is 0 Å². The Morgan fingerprint density at radius 3 is 2.65 bits per heavy atom. The van der Waals surface area contributed by atoms with Gasteiger partial charge in [0, 0.05) is 17.5 Å². The molecule has 0 bridgehead atoms. The van der Waals surface area contributed by atoms with Gasteiger partial charge in [0.25, 0.3) is 5.91 Å². The highest BCUT2D eigenvalue weighted by Crippen LogP contribution is 2.27. The zero-order valence-electron chi connectivity index (χ0n) is 12.0. The molecule has 0 aliphatic rings. The number of carbonyl (C=O) groups is 1. The molecule has 0 saturated heterocycles. The van der Waals surface area contributed by atoms with Gasteiger partial charge in [-0.15, -0.1) is 11.3 Å². The Bertz CT molecular complexity index is 817. The molecule has 0 fully saturated rings. The zero-order chi connectivity index (χ0) is 16.2. The first kappa shape index (κ1) is 15.2. The van der Waals surface area contributed by atoms with Gasteiger partial charge in [0.05, 0.1) is 0 Å². The average Bonchev–Trinajstić information content (AvgIpc) is 3.02. The molecule has 0 aliphatic heterocycles. The second kappa shape index (κ2) is 6.58. The standard InChI is InChI=1S/C17H13FN2O2S/c18-12-3-5-13(6-4-12)22-17-15(16(19)21)11(7-8-20-17)10-14-2-1-9-23-14/h1-9H,10H2,(H2,19,21). The van der Waals surface area contributed by atoms with Crippen LogP contribution in [-0.4, -0.2) is 10.9 Å². The lowest BCUT2D eigenvalue weighted by molar-refractivity contribution is 0.0996. The van der Waals surface area contributed by atoms with Crippen molar-refractivity contribution in [3.63, 3.8) is 0 Å². The topological polar surface area (TPSA) is 65.2 Å². The highest BCUT2D eigenvalue weighted by atomic mass is 32.1. The van der Waals surface area contributed by atoms with Crippen molar-refractivity contribution in [2.45, 2.75) is 6.42 Å². The summed E-state index contributed by atoms with van der Waals surface area (Å²) in [6, 6.07) is 11.2. The van der Waals surface area contributed by atoms with E-state index in [2.05, 4.69) is 4.98 Å². The van der Waals surface area contributed by atoms with E-state index >= 15 is 0 Å². The highest BCUT2D eigenvalue weighted by molar-refractivity contribution is 7.09. The van der Waals surface area contributed by atoms with Gasteiger partial charge in [0.1, 0.15) is 17.1 Å². The Kier molecular flexibility index (Phi) is 4.34. The molecule has 0 aliphatic carbocycles. The number of hydrogen-bond acceptors (Lipinski definition) is 4. The molecule has 4 nitrogen and oxygen atoms in total. The predicted molar refractivity (Wildman–Crippen MR) is 86.4 cm³/mol. The number of halogens is 1. The summed E-state index contributed by atoms with van der Waals surface area (Å²) in [5.74, 6) is -0.471. The number of amides is 1. The summed E-state index contributed by atoms with van der Waals surface area (Å²) in [6.07, 6.45) is 2.13. The summed E-state index contributed by atoms with van der Waals surface area (Å²) in [4.78, 5) is 17.1. The Labute approximate surface area is 136 Å². The lowest BCUT2D eigenvalue weighted by Crippen LogP contribution is -2.16. The van der Waals surface area contributed by atoms with Crippen LogP contribution in [0.15, 0.2) is 54.0 Å². The molecule has 2 heterocycles. The fraction of sp³-hybridized carbons (Fsp3) is 0.0588. The van der Waals surface area contributed by atoms with Crippen LogP contribution >= 0.6 is 11.3 Å². The van der Waals surface area contributed by atoms with E-state index < -0.39 is 5.91 Å². The molecule has 0 atom stereocenters. The van der Waals surface area contributed by atoms with E-state index in [1.165, 1.54) is 24.3 Å². The van der Waals surface area contributed by atoms with Crippen LogP contribution in [0, 0.1) is 5.82 Å². The van der Waals surface area contributed by atoms with Gasteiger partial charge in [-0.3, -0.25) is 4.79 Å². The van der Waals surface area contributed by atoms with Crippen LogP contribution in [0.5, 0.6) is 11.6 Å². The molecule has 0 unspecified atom stereocenters. The van der Waals surface area contributed by atoms with Crippen LogP contribution in [-0.2, 0) is 6.42 Å². The first-order valence-corrected chi connectivity index (χ1v) is 7.75. The summed E-state index contributed by atoms with van der Waals surface area (Å²) in [5.41, 5.74) is 6.49. The number of primary amides is 1. The van der Waals surface area contributed by atoms with Gasteiger partial charge in [0.2, 0.25) is 5.88 Å². The van der Waals surface area contributed by atoms with Gasteiger partial charge in [-0.1, -0.05) is 6.07 Å². The van der Waals surface area contributed by atoms with Gasteiger partial charge >= 0.3 is 0 Å². The molecular formula is C17H13FN2O2S. The van der Waals surface area contributed by atoms with Gasteiger partial charge in [-0.25, -0.2) is 9.37 Å². The maximum atomic E-state index is 13.0. The first-order valence-electron chi connectivity index (χ1n) is 6.87. The van der Waals surface area contributed by atoms with E-state index in [1.54, 1.807) is 23.6 Å². The van der Waals surface area contributed by atoms with Crippen molar-refractivity contribution in [2.24, 2.45) is 5.73 Å². The lowest BCUT2D eigenvalue weighted by atomic mass is 10.1. The third kappa shape index (κ3) is 3.54. The molecule has 116 valence electrons. The molecule has 6 heteroatoms. The maximum Gasteiger partial charge on any atom is 0.254 e. The molecule has 0 spiro atoms. The molecule has 2 N–H and O–H groups in total. The predicted octanol–water partition coefficient (Wildman–Crippen LogP) is 3.76. The monoisotopic (exact) mass is 328 g/mol. The summed E-state index contributed by atoms with van der Waals surface area (Å²) >= 11 is 1.59. The maximum absolute atomic E-state index is 13.0. The normalized spacial score (nSPS) is 10.5. The number of nitrogens with zero attached hydrogens (tertiary/aromatic N) is 1. The smallest absolute Gasteiger partial charge is 0.254 e. The number of nitrogens with two attached hydrogens (primary N) is 1. The van der Waals surface area contributed by atoms with E-state index in [0.29, 0.717) is 12.2 Å². The van der Waals surface area contributed by atoms with Crippen LogP contribution in [0.3, 0.4) is 0 Å². The summed E-state index contributed by atoms with van der Waals surface area (Å²) in [5, 5.41) is 1.97. The van der Waals surface area contributed by atoms with E-state index in [-0.39, 0.29) is 17.3 Å². The molecule has 0 saturated carbocycles. The Morgan fingerprint density at radius 1 is 1.22 bits per heavy atom. The Hall–Kier alpha value is -2.73. The number of benzene rings is 1. The highest BCUT2D eigenvalue weighted by Gasteiger charge is 2.17. The SMILES string of the molecule is NC(=O)c1c(Cc2cccs2)ccnc1Oc1ccc(F)cc1. The number of carbonyl (C=O) groups excluding carboxylic acids is 1. The van der Waals surface area contributed by atoms with Crippen molar-refractivity contribution >= 4 is 17.2 Å². The van der Waals surface area contributed by atoms with Crippen molar-refractivity contribution < 1.29 is 13.9 Å². The number of thiophene rings is 1. The minimum Gasteiger partial charge on any atom is -0.438 e. The number of aromatic nitrogens is 1. The second-order valence-electron chi connectivity index (χ2n) is 4.83. The third-order valence-corrected chi connectivity index (χ3v) is 4.10. The fourth-order valence-corrected chi connectivity index (χ4v) is 2.91. The van der Waals surface area contributed by atoms with Crippen LogP contribution < -0.4 is 10.5 Å². The molecule has 0 radical (unpaired) electrons. The average molecular weight is 328 g/mol. The van der Waals surface area contributed by atoms with Gasteiger partial charge in [-0.05, 0) is 47.3 Å². The van der Waals surface area contributed by atoms with Crippen molar-refractivity contribution in [3.05, 3.63) is 75.9 Å². The van der Waals surface area contributed by atoms with Crippen molar-refractivity contribution in [1.82, 2.24) is 4.98 Å². The fourth-order valence-electron chi connectivity index (χ4n) is 2.18. The Morgan fingerprint density at radius 2 is 2.00 bits per heavy atom. The van der Waals surface area contributed by atoms with E-state index in [0.717, 1.165) is 10.4 Å². The van der Waals surface area contributed by atoms with Crippen LogP contribution in [0.4, 0.5) is 4.39 Å². The summed E-state index contributed by atoms with van der Waals surface area (Å²) < 4.78 is 18.6. The van der Waals surface area contributed by atoms with Gasteiger partial charge in [0.15, 0.2) is 0 Å². The number of pyridine rings is 1. The minimum absolute atomic E-state index is 0.123. The number of hydrogen-bond donors (Lipinski definition) is 1. The van der Waals surface area contributed by atoms with E-state index in [9.17, 15) is 9.18 Å². The van der Waals surface area contributed by atoms with Crippen molar-refractivity contribution in [1.29, 1.82) is 0 Å². The summed E-state index contributed by atoms with van der Waals surface area (Å²) in [7, 11) is 0. The number of rotatable bonds is 5. The largest absolute Gasteiger partial charge is 0.438 e.